The van der Waals surface area contributed by atoms with Crippen molar-refractivity contribution in [1.82, 2.24) is 0 Å². The van der Waals surface area contributed by atoms with Crippen molar-refractivity contribution in [2.24, 2.45) is 5.92 Å². The average Bonchev–Trinajstić information content (AvgIpc) is 2.65. The largest absolute Gasteiger partial charge is 0.493 e. The third-order valence-corrected chi connectivity index (χ3v) is 3.33. The molecule has 0 unspecified atom stereocenters. The number of carbonyl (C=O) groups excluding carboxylic acids is 2. The van der Waals surface area contributed by atoms with E-state index < -0.39 is 18.5 Å². The number of nitrogens with one attached hydrogen (secondary N) is 1. The van der Waals surface area contributed by atoms with Crippen molar-refractivity contribution in [3.8, 4) is 11.8 Å². The van der Waals surface area contributed by atoms with Crippen LogP contribution in [0.1, 0.15) is 29.8 Å². The van der Waals surface area contributed by atoms with Crippen molar-refractivity contribution < 1.29 is 19.1 Å². The summed E-state index contributed by atoms with van der Waals surface area (Å²) >= 11 is 0. The maximum atomic E-state index is 12.0. The first-order chi connectivity index (χ1) is 12.5. The van der Waals surface area contributed by atoms with Gasteiger partial charge in [0.05, 0.1) is 23.4 Å². The van der Waals surface area contributed by atoms with E-state index in [-0.39, 0.29) is 0 Å². The zero-order valence-corrected chi connectivity index (χ0v) is 14.7. The lowest BCUT2D eigenvalue weighted by atomic mass is 10.2. The summed E-state index contributed by atoms with van der Waals surface area (Å²) < 4.78 is 10.5. The van der Waals surface area contributed by atoms with E-state index in [0.717, 1.165) is 0 Å². The van der Waals surface area contributed by atoms with E-state index in [1.807, 2.05) is 19.9 Å². The first-order valence-corrected chi connectivity index (χ1v) is 8.18. The average molecular weight is 352 g/mol. The summed E-state index contributed by atoms with van der Waals surface area (Å²) in [4.78, 5) is 23.9. The van der Waals surface area contributed by atoms with Gasteiger partial charge in [-0.3, -0.25) is 4.79 Å². The number of nitrogens with zero attached hydrogens (tertiary/aromatic N) is 1. The molecule has 0 aromatic heterocycles. The SMILES string of the molecule is CC(C)COc1ccc(C(=O)OCC(=O)Nc2ccccc2C#N)cc1. The summed E-state index contributed by atoms with van der Waals surface area (Å²) in [5.41, 5.74) is 1.04. The van der Waals surface area contributed by atoms with Crippen LogP contribution in [0.2, 0.25) is 0 Å². The molecule has 2 aromatic carbocycles. The zero-order chi connectivity index (χ0) is 18.9. The van der Waals surface area contributed by atoms with Gasteiger partial charge in [-0.15, -0.1) is 0 Å². The van der Waals surface area contributed by atoms with Gasteiger partial charge in [-0.05, 0) is 42.3 Å². The van der Waals surface area contributed by atoms with Crippen molar-refractivity contribution in [3.63, 3.8) is 0 Å². The first kappa shape index (κ1) is 19.0. The summed E-state index contributed by atoms with van der Waals surface area (Å²) in [5.74, 6) is -0.0486. The molecule has 6 nitrogen and oxygen atoms in total. The van der Waals surface area contributed by atoms with Crippen molar-refractivity contribution in [3.05, 3.63) is 59.7 Å². The number of rotatable bonds is 7. The van der Waals surface area contributed by atoms with Crippen molar-refractivity contribution in [2.75, 3.05) is 18.5 Å². The minimum atomic E-state index is -0.607. The number of amides is 1. The molecule has 0 aliphatic carbocycles. The molecule has 1 N–H and O–H groups in total. The lowest BCUT2D eigenvalue weighted by molar-refractivity contribution is -0.119. The van der Waals surface area contributed by atoms with Crippen LogP contribution in [-0.2, 0) is 9.53 Å². The zero-order valence-electron chi connectivity index (χ0n) is 14.7. The molecule has 0 saturated carbocycles. The third kappa shape index (κ3) is 5.64. The smallest absolute Gasteiger partial charge is 0.338 e. The van der Waals surface area contributed by atoms with Gasteiger partial charge in [0.1, 0.15) is 11.8 Å². The molecule has 2 aromatic rings. The molecule has 0 bridgehead atoms. The minimum absolute atomic E-state index is 0.326. The fourth-order valence-corrected chi connectivity index (χ4v) is 2.04. The Morgan fingerprint density at radius 2 is 1.81 bits per heavy atom. The molecule has 0 atom stereocenters. The van der Waals surface area contributed by atoms with E-state index in [2.05, 4.69) is 5.32 Å². The number of carbonyl (C=O) groups is 2. The van der Waals surface area contributed by atoms with Crippen molar-refractivity contribution in [1.29, 1.82) is 5.26 Å². The van der Waals surface area contributed by atoms with Gasteiger partial charge in [0.15, 0.2) is 6.61 Å². The second-order valence-electron chi connectivity index (χ2n) is 6.01. The van der Waals surface area contributed by atoms with Gasteiger partial charge in [-0.1, -0.05) is 26.0 Å². The van der Waals surface area contributed by atoms with Crippen LogP contribution in [0.25, 0.3) is 0 Å². The molecule has 0 saturated heterocycles. The van der Waals surface area contributed by atoms with Crippen LogP contribution in [0.5, 0.6) is 5.75 Å². The summed E-state index contributed by atoms with van der Waals surface area (Å²) in [5, 5.41) is 11.5. The predicted octanol–water partition coefficient (Wildman–Crippen LogP) is 3.39. The Bertz CT molecular complexity index is 807. The summed E-state index contributed by atoms with van der Waals surface area (Å²) in [6, 6.07) is 15.1. The van der Waals surface area contributed by atoms with E-state index in [1.165, 1.54) is 0 Å². The number of para-hydroxylation sites is 1. The Hall–Kier alpha value is -3.33. The maximum Gasteiger partial charge on any atom is 0.338 e. The van der Waals surface area contributed by atoms with E-state index in [0.29, 0.717) is 35.1 Å². The van der Waals surface area contributed by atoms with Crippen molar-refractivity contribution in [2.45, 2.75) is 13.8 Å². The van der Waals surface area contributed by atoms with Crippen LogP contribution in [-0.4, -0.2) is 25.1 Å². The molecule has 6 heteroatoms. The Morgan fingerprint density at radius 1 is 1.12 bits per heavy atom. The topological polar surface area (TPSA) is 88.4 Å². The second kappa shape index (κ2) is 9.23. The molecule has 2 rings (SSSR count). The Balaban J connectivity index is 1.86. The molecule has 0 aliphatic rings. The standard InChI is InChI=1S/C20H20N2O4/c1-14(2)12-25-17-9-7-15(8-10-17)20(24)26-13-19(23)22-18-6-4-3-5-16(18)11-21/h3-10,14H,12-13H2,1-2H3,(H,22,23). The van der Waals surface area contributed by atoms with E-state index >= 15 is 0 Å². The number of ether oxygens (including phenoxy) is 2. The highest BCUT2D eigenvalue weighted by atomic mass is 16.5. The number of esters is 1. The molecule has 1 amide bonds. The van der Waals surface area contributed by atoms with E-state index in [1.54, 1.807) is 48.5 Å². The molecule has 0 aliphatic heterocycles. The van der Waals surface area contributed by atoms with Crippen LogP contribution in [0.3, 0.4) is 0 Å². The number of anilines is 1. The molecule has 134 valence electrons. The van der Waals surface area contributed by atoms with Gasteiger partial charge < -0.3 is 14.8 Å². The summed E-state index contributed by atoms with van der Waals surface area (Å²) in [6.07, 6.45) is 0. The van der Waals surface area contributed by atoms with Crippen molar-refractivity contribution >= 4 is 17.6 Å². The monoisotopic (exact) mass is 352 g/mol. The van der Waals surface area contributed by atoms with Gasteiger partial charge in [-0.2, -0.15) is 5.26 Å². The highest BCUT2D eigenvalue weighted by Gasteiger charge is 2.12. The fraction of sp³-hybridized carbons (Fsp3) is 0.250. The summed E-state index contributed by atoms with van der Waals surface area (Å²) in [7, 11) is 0. The summed E-state index contributed by atoms with van der Waals surface area (Å²) in [6.45, 7) is 4.25. The van der Waals surface area contributed by atoms with E-state index in [4.69, 9.17) is 14.7 Å². The maximum absolute atomic E-state index is 12.0. The van der Waals surface area contributed by atoms with Gasteiger partial charge in [0, 0.05) is 0 Å². The Labute approximate surface area is 152 Å². The minimum Gasteiger partial charge on any atom is -0.493 e. The predicted molar refractivity (Wildman–Crippen MR) is 96.8 cm³/mol. The molecule has 0 spiro atoms. The highest BCUT2D eigenvalue weighted by molar-refractivity contribution is 5.96. The van der Waals surface area contributed by atoms with E-state index in [9.17, 15) is 9.59 Å². The lowest BCUT2D eigenvalue weighted by Gasteiger charge is -2.10. The Morgan fingerprint density at radius 3 is 2.46 bits per heavy atom. The van der Waals surface area contributed by atoms with Crippen LogP contribution >= 0.6 is 0 Å². The highest BCUT2D eigenvalue weighted by Crippen LogP contribution is 2.15. The van der Waals surface area contributed by atoms with Crippen LogP contribution in [0, 0.1) is 17.2 Å². The number of nitriles is 1. The van der Waals surface area contributed by atoms with Crippen LogP contribution < -0.4 is 10.1 Å². The normalized spacial score (nSPS) is 10.1. The fourth-order valence-electron chi connectivity index (χ4n) is 2.04. The first-order valence-electron chi connectivity index (χ1n) is 8.18. The molecule has 0 heterocycles. The number of hydrogen-bond acceptors (Lipinski definition) is 5. The number of benzene rings is 2. The molecule has 26 heavy (non-hydrogen) atoms. The van der Waals surface area contributed by atoms with Gasteiger partial charge >= 0.3 is 5.97 Å². The van der Waals surface area contributed by atoms with Gasteiger partial charge in [0.25, 0.3) is 5.91 Å². The van der Waals surface area contributed by atoms with Crippen LogP contribution in [0.4, 0.5) is 5.69 Å². The molecule has 0 fully saturated rings. The molecule has 0 radical (unpaired) electrons. The quantitative estimate of drug-likeness (QED) is 0.772. The lowest BCUT2D eigenvalue weighted by Crippen LogP contribution is -2.21. The molecular formula is C20H20N2O4. The third-order valence-electron chi connectivity index (χ3n) is 3.33. The van der Waals surface area contributed by atoms with Gasteiger partial charge in [0.2, 0.25) is 0 Å². The second-order valence-corrected chi connectivity index (χ2v) is 6.01. The number of hydrogen-bond donors (Lipinski definition) is 1. The molecular weight excluding hydrogens is 332 g/mol. The van der Waals surface area contributed by atoms with Crippen LogP contribution in [0.15, 0.2) is 48.5 Å². The van der Waals surface area contributed by atoms with Gasteiger partial charge in [-0.25, -0.2) is 4.79 Å². The Kier molecular flexibility index (Phi) is 6.75.